The Morgan fingerprint density at radius 3 is 2.82 bits per heavy atom. The van der Waals surface area contributed by atoms with Crippen molar-refractivity contribution in [3.05, 3.63) is 76.5 Å². The molecule has 0 aliphatic heterocycles. The fourth-order valence-corrected chi connectivity index (χ4v) is 3.07. The highest BCUT2D eigenvalue weighted by Crippen LogP contribution is 2.20. The smallest absolute Gasteiger partial charge is 0.195 e. The fraction of sp³-hybridized carbons (Fsp3) is 0.0625. The molecule has 1 heterocycles. The first-order valence-corrected chi connectivity index (χ1v) is 8.46. The number of benzene rings is 2. The van der Waals surface area contributed by atoms with Crippen LogP contribution in [0.15, 0.2) is 75.7 Å². The van der Waals surface area contributed by atoms with Crippen LogP contribution in [0.3, 0.4) is 0 Å². The number of nitrogens with zero attached hydrogens (tertiary/aromatic N) is 4. The number of rotatable bonds is 5. The molecule has 22 heavy (non-hydrogen) atoms. The van der Waals surface area contributed by atoms with Crippen molar-refractivity contribution in [1.82, 2.24) is 14.9 Å². The summed E-state index contributed by atoms with van der Waals surface area (Å²) in [6.45, 7) is 0. The van der Waals surface area contributed by atoms with Crippen LogP contribution in [0.25, 0.3) is 0 Å². The van der Waals surface area contributed by atoms with Gasteiger partial charge >= 0.3 is 0 Å². The van der Waals surface area contributed by atoms with E-state index in [1.54, 1.807) is 29.0 Å². The molecule has 0 bridgehead atoms. The summed E-state index contributed by atoms with van der Waals surface area (Å²) in [5, 5.41) is 13.2. The molecule has 0 saturated carbocycles. The third-order valence-electron chi connectivity index (χ3n) is 2.89. The predicted octanol–water partition coefficient (Wildman–Crippen LogP) is 4.22. The lowest BCUT2D eigenvalue weighted by molar-refractivity contribution is 0.767. The molecule has 0 aliphatic rings. The quantitative estimate of drug-likeness (QED) is 0.497. The van der Waals surface area contributed by atoms with Gasteiger partial charge in [0.05, 0.1) is 6.21 Å². The van der Waals surface area contributed by atoms with Crippen molar-refractivity contribution in [3.63, 3.8) is 0 Å². The second kappa shape index (κ2) is 7.38. The zero-order valence-corrected chi connectivity index (χ0v) is 14.0. The van der Waals surface area contributed by atoms with Gasteiger partial charge in [0, 0.05) is 10.2 Å². The Bertz CT molecular complexity index is 771. The summed E-state index contributed by atoms with van der Waals surface area (Å²) in [7, 11) is 0. The van der Waals surface area contributed by atoms with E-state index in [2.05, 4.69) is 43.4 Å². The first-order valence-electron chi connectivity index (χ1n) is 6.68. The molecule has 0 aliphatic carbocycles. The van der Waals surface area contributed by atoms with E-state index in [0.717, 1.165) is 20.9 Å². The highest BCUT2D eigenvalue weighted by molar-refractivity contribution is 9.10. The molecule has 0 spiro atoms. The second-order valence-electron chi connectivity index (χ2n) is 4.53. The molecule has 3 rings (SSSR count). The number of thioether (sulfide) groups is 1. The van der Waals surface area contributed by atoms with E-state index in [-0.39, 0.29) is 0 Å². The van der Waals surface area contributed by atoms with Crippen LogP contribution >= 0.6 is 27.7 Å². The molecule has 0 amide bonds. The van der Waals surface area contributed by atoms with Crippen LogP contribution in [0, 0.1) is 0 Å². The lowest BCUT2D eigenvalue weighted by Crippen LogP contribution is -1.92. The maximum Gasteiger partial charge on any atom is 0.212 e. The van der Waals surface area contributed by atoms with E-state index in [4.69, 9.17) is 0 Å². The standard InChI is InChI=1S/C16H13BrN4S/c17-15-8-4-7-14(9-15)10-19-21-12-18-20-16(21)22-11-13-5-2-1-3-6-13/h1-10,12H,11H2/b19-10+. The highest BCUT2D eigenvalue weighted by Gasteiger charge is 2.04. The molecule has 0 N–H and O–H groups in total. The Hall–Kier alpha value is -1.92. The van der Waals surface area contributed by atoms with Crippen LogP contribution in [-0.4, -0.2) is 21.1 Å². The van der Waals surface area contributed by atoms with Gasteiger partial charge in [0.15, 0.2) is 0 Å². The van der Waals surface area contributed by atoms with Crippen molar-refractivity contribution in [3.8, 4) is 0 Å². The van der Waals surface area contributed by atoms with Gasteiger partial charge in [-0.2, -0.15) is 9.78 Å². The molecule has 3 aromatic rings. The zero-order valence-electron chi connectivity index (χ0n) is 11.6. The molecule has 4 nitrogen and oxygen atoms in total. The molecule has 0 radical (unpaired) electrons. The number of hydrogen-bond donors (Lipinski definition) is 0. The summed E-state index contributed by atoms with van der Waals surface area (Å²) in [5.41, 5.74) is 2.26. The molecule has 0 unspecified atom stereocenters. The molecule has 110 valence electrons. The van der Waals surface area contributed by atoms with E-state index in [1.807, 2.05) is 42.5 Å². The first kappa shape index (κ1) is 15.0. The van der Waals surface area contributed by atoms with Crippen LogP contribution in [0.2, 0.25) is 0 Å². The summed E-state index contributed by atoms with van der Waals surface area (Å²) in [4.78, 5) is 0. The van der Waals surface area contributed by atoms with Crippen LogP contribution < -0.4 is 0 Å². The van der Waals surface area contributed by atoms with E-state index in [9.17, 15) is 0 Å². The van der Waals surface area contributed by atoms with Gasteiger partial charge in [0.1, 0.15) is 6.33 Å². The second-order valence-corrected chi connectivity index (χ2v) is 6.39. The number of halogens is 1. The van der Waals surface area contributed by atoms with Crippen LogP contribution in [-0.2, 0) is 5.75 Å². The van der Waals surface area contributed by atoms with Gasteiger partial charge in [-0.25, -0.2) is 0 Å². The van der Waals surface area contributed by atoms with Gasteiger partial charge in [-0.05, 0) is 23.3 Å². The van der Waals surface area contributed by atoms with Crippen molar-refractivity contribution in [2.75, 3.05) is 0 Å². The zero-order chi connectivity index (χ0) is 15.2. The number of hydrogen-bond acceptors (Lipinski definition) is 4. The van der Waals surface area contributed by atoms with E-state index in [0.29, 0.717) is 0 Å². The predicted molar refractivity (Wildman–Crippen MR) is 93.2 cm³/mol. The van der Waals surface area contributed by atoms with Crippen molar-refractivity contribution in [1.29, 1.82) is 0 Å². The summed E-state index contributed by atoms with van der Waals surface area (Å²) in [5.74, 6) is 0.839. The van der Waals surface area contributed by atoms with Crippen LogP contribution in [0.4, 0.5) is 0 Å². The van der Waals surface area contributed by atoms with Crippen molar-refractivity contribution in [2.24, 2.45) is 5.10 Å². The average Bonchev–Trinajstić information content (AvgIpc) is 2.99. The minimum absolute atomic E-state index is 0.773. The SMILES string of the molecule is Brc1cccc(/C=N/n2cnnc2SCc2ccccc2)c1. The largest absolute Gasteiger partial charge is 0.212 e. The maximum absolute atomic E-state index is 4.41. The summed E-state index contributed by atoms with van der Waals surface area (Å²) < 4.78 is 2.72. The van der Waals surface area contributed by atoms with Crippen LogP contribution in [0.1, 0.15) is 11.1 Å². The third kappa shape index (κ3) is 4.05. The summed E-state index contributed by atoms with van der Waals surface area (Å²) >= 11 is 5.06. The molecule has 0 saturated heterocycles. The van der Waals surface area contributed by atoms with Gasteiger partial charge in [0.25, 0.3) is 0 Å². The lowest BCUT2D eigenvalue weighted by Gasteiger charge is -2.01. The monoisotopic (exact) mass is 372 g/mol. The van der Waals surface area contributed by atoms with Gasteiger partial charge in [-0.15, -0.1) is 10.2 Å². The third-order valence-corrected chi connectivity index (χ3v) is 4.39. The molecule has 0 fully saturated rings. The Kier molecular flexibility index (Phi) is 5.03. The Balaban J connectivity index is 1.69. The Morgan fingerprint density at radius 1 is 1.14 bits per heavy atom. The van der Waals surface area contributed by atoms with E-state index in [1.165, 1.54) is 5.56 Å². The van der Waals surface area contributed by atoms with Gasteiger partial charge in [-0.1, -0.05) is 70.2 Å². The number of aromatic nitrogens is 3. The van der Waals surface area contributed by atoms with E-state index >= 15 is 0 Å². The fourth-order valence-electron chi connectivity index (χ4n) is 1.83. The Morgan fingerprint density at radius 2 is 2.00 bits per heavy atom. The first-order chi connectivity index (χ1) is 10.8. The van der Waals surface area contributed by atoms with Crippen molar-refractivity contribution < 1.29 is 0 Å². The Labute approximate surface area is 141 Å². The van der Waals surface area contributed by atoms with Crippen molar-refractivity contribution >= 4 is 33.9 Å². The summed E-state index contributed by atoms with van der Waals surface area (Å²) in [6, 6.07) is 18.2. The summed E-state index contributed by atoms with van der Waals surface area (Å²) in [6.07, 6.45) is 3.41. The van der Waals surface area contributed by atoms with E-state index < -0.39 is 0 Å². The molecule has 0 atom stereocenters. The topological polar surface area (TPSA) is 43.1 Å². The molecular weight excluding hydrogens is 360 g/mol. The lowest BCUT2D eigenvalue weighted by atomic mass is 10.2. The van der Waals surface area contributed by atoms with Gasteiger partial charge in [0.2, 0.25) is 5.16 Å². The molecular formula is C16H13BrN4S. The molecule has 2 aromatic carbocycles. The molecule has 6 heteroatoms. The maximum atomic E-state index is 4.41. The van der Waals surface area contributed by atoms with Gasteiger partial charge < -0.3 is 0 Å². The minimum Gasteiger partial charge on any atom is -0.195 e. The normalized spacial score (nSPS) is 11.1. The average molecular weight is 373 g/mol. The minimum atomic E-state index is 0.773. The van der Waals surface area contributed by atoms with Crippen molar-refractivity contribution in [2.45, 2.75) is 10.9 Å². The highest BCUT2D eigenvalue weighted by atomic mass is 79.9. The van der Waals surface area contributed by atoms with Crippen LogP contribution in [0.5, 0.6) is 0 Å². The van der Waals surface area contributed by atoms with Gasteiger partial charge in [-0.3, -0.25) is 0 Å². The molecule has 1 aromatic heterocycles.